The van der Waals surface area contributed by atoms with Gasteiger partial charge in [0.1, 0.15) is 0 Å². The van der Waals surface area contributed by atoms with Gasteiger partial charge in [-0.2, -0.15) is 15.0 Å². The highest BCUT2D eigenvalue weighted by Gasteiger charge is 2.17. The highest BCUT2D eigenvalue weighted by atomic mass is 16.7. The van der Waals surface area contributed by atoms with Gasteiger partial charge in [-0.05, 0) is 37.6 Å². The van der Waals surface area contributed by atoms with Crippen molar-refractivity contribution in [1.29, 1.82) is 0 Å². The van der Waals surface area contributed by atoms with Crippen molar-refractivity contribution in [2.75, 3.05) is 62.3 Å². The van der Waals surface area contributed by atoms with Crippen molar-refractivity contribution in [2.24, 2.45) is 5.73 Å². The fraction of sp³-hybridized carbons (Fsp3) is 0.429. The number of nitrogens with one attached hydrogen (secondary N) is 4. The Balaban J connectivity index is 1.28. The van der Waals surface area contributed by atoms with Crippen LogP contribution >= 0.6 is 0 Å². The van der Waals surface area contributed by atoms with E-state index in [-0.39, 0.29) is 18.7 Å². The molecule has 0 spiro atoms. The minimum absolute atomic E-state index is 0.140. The van der Waals surface area contributed by atoms with Gasteiger partial charge in [0.05, 0.1) is 26.4 Å². The molecule has 2 heterocycles. The molecule has 1 aliphatic heterocycles. The third-order valence-electron chi connectivity index (χ3n) is 5.80. The number of rotatable bonds is 17. The summed E-state index contributed by atoms with van der Waals surface area (Å²) in [4.78, 5) is 26.0. The summed E-state index contributed by atoms with van der Waals surface area (Å²) in [6, 6.07) is 13.2. The molecule has 13 heteroatoms. The number of anilines is 3. The van der Waals surface area contributed by atoms with Gasteiger partial charge in [-0.15, -0.1) is 0 Å². The Kier molecular flexibility index (Phi) is 11.3. The highest BCUT2D eigenvalue weighted by Crippen LogP contribution is 2.35. The second-order valence-corrected chi connectivity index (χ2v) is 9.43. The molecular formula is C28H38N8O5. The standard InChI is InChI=1S/C28H38N8O5/c1-19(2)33-28-35-26(34-27(36-28)32-17-22-4-3-5-23-24(22)41-18-40-23)31-16-20-6-8-21(9-7-20)25(37)30-11-13-39-15-14-38-12-10-29/h3-9,19H,10-18,29H2,1-2H3,(H,30,37)(H3,31,32,33,34,35,36). The first-order valence-electron chi connectivity index (χ1n) is 13.6. The number of benzene rings is 2. The third kappa shape index (κ3) is 9.45. The third-order valence-corrected chi connectivity index (χ3v) is 5.80. The molecule has 220 valence electrons. The molecule has 41 heavy (non-hydrogen) atoms. The molecule has 4 rings (SSSR count). The maximum atomic E-state index is 12.4. The second-order valence-electron chi connectivity index (χ2n) is 9.43. The maximum absolute atomic E-state index is 12.4. The number of ether oxygens (including phenoxy) is 4. The van der Waals surface area contributed by atoms with Crippen LogP contribution in [0.15, 0.2) is 42.5 Å². The van der Waals surface area contributed by atoms with Crippen LogP contribution in [0.2, 0.25) is 0 Å². The summed E-state index contributed by atoms with van der Waals surface area (Å²) < 4.78 is 21.7. The van der Waals surface area contributed by atoms with Gasteiger partial charge in [-0.25, -0.2) is 0 Å². The van der Waals surface area contributed by atoms with E-state index in [2.05, 4.69) is 36.2 Å². The Labute approximate surface area is 239 Å². The van der Waals surface area contributed by atoms with Crippen molar-refractivity contribution in [3.8, 4) is 11.5 Å². The summed E-state index contributed by atoms with van der Waals surface area (Å²) in [5.41, 5.74) is 7.84. The quantitative estimate of drug-likeness (QED) is 0.152. The minimum Gasteiger partial charge on any atom is -0.454 e. The summed E-state index contributed by atoms with van der Waals surface area (Å²) >= 11 is 0. The number of hydrogen-bond donors (Lipinski definition) is 5. The van der Waals surface area contributed by atoms with E-state index in [1.165, 1.54) is 0 Å². The molecule has 0 radical (unpaired) electrons. The number of carbonyl (C=O) groups excluding carboxylic acids is 1. The fourth-order valence-corrected chi connectivity index (χ4v) is 3.86. The van der Waals surface area contributed by atoms with Crippen molar-refractivity contribution in [3.05, 3.63) is 59.2 Å². The first-order valence-corrected chi connectivity index (χ1v) is 13.6. The van der Waals surface area contributed by atoms with Crippen molar-refractivity contribution in [2.45, 2.75) is 33.0 Å². The van der Waals surface area contributed by atoms with Crippen LogP contribution in [-0.4, -0.2) is 73.2 Å². The van der Waals surface area contributed by atoms with Crippen LogP contribution in [0, 0.1) is 0 Å². The van der Waals surface area contributed by atoms with Crippen LogP contribution in [0.25, 0.3) is 0 Å². The largest absolute Gasteiger partial charge is 0.454 e. The van der Waals surface area contributed by atoms with E-state index in [9.17, 15) is 4.79 Å². The highest BCUT2D eigenvalue weighted by molar-refractivity contribution is 5.94. The zero-order chi connectivity index (χ0) is 28.9. The molecule has 2 aromatic carbocycles. The summed E-state index contributed by atoms with van der Waals surface area (Å²) in [6.07, 6.45) is 0. The molecule has 0 saturated carbocycles. The number of hydrogen-bond acceptors (Lipinski definition) is 12. The Bertz CT molecular complexity index is 1260. The van der Waals surface area contributed by atoms with E-state index in [4.69, 9.17) is 24.7 Å². The van der Waals surface area contributed by atoms with Crippen LogP contribution in [-0.2, 0) is 22.6 Å². The molecular weight excluding hydrogens is 528 g/mol. The van der Waals surface area contributed by atoms with Gasteiger partial charge in [-0.1, -0.05) is 24.3 Å². The van der Waals surface area contributed by atoms with Crippen molar-refractivity contribution in [1.82, 2.24) is 20.3 Å². The molecule has 13 nitrogen and oxygen atoms in total. The number of aromatic nitrogens is 3. The normalized spacial score (nSPS) is 11.9. The van der Waals surface area contributed by atoms with Gasteiger partial charge in [-0.3, -0.25) is 4.79 Å². The molecule has 0 atom stereocenters. The fourth-order valence-electron chi connectivity index (χ4n) is 3.86. The van der Waals surface area contributed by atoms with Crippen LogP contribution in [0.4, 0.5) is 17.8 Å². The minimum atomic E-state index is -0.161. The van der Waals surface area contributed by atoms with Gasteiger partial charge in [0.25, 0.3) is 5.91 Å². The second kappa shape index (κ2) is 15.6. The van der Waals surface area contributed by atoms with Gasteiger partial charge in [0, 0.05) is 43.3 Å². The predicted molar refractivity (Wildman–Crippen MR) is 155 cm³/mol. The number of nitrogens with two attached hydrogens (primary N) is 1. The monoisotopic (exact) mass is 566 g/mol. The molecule has 0 fully saturated rings. The lowest BCUT2D eigenvalue weighted by molar-refractivity contribution is 0.0511. The van der Waals surface area contributed by atoms with E-state index < -0.39 is 0 Å². The van der Waals surface area contributed by atoms with E-state index >= 15 is 0 Å². The van der Waals surface area contributed by atoms with Crippen LogP contribution in [0.3, 0.4) is 0 Å². The SMILES string of the molecule is CC(C)Nc1nc(NCc2ccc(C(=O)NCCOCCOCCN)cc2)nc(NCc2cccc3c2OCO3)n1. The summed E-state index contributed by atoms with van der Waals surface area (Å²) in [5.74, 6) is 2.58. The smallest absolute Gasteiger partial charge is 0.251 e. The maximum Gasteiger partial charge on any atom is 0.251 e. The topological polar surface area (TPSA) is 167 Å². The first kappa shape index (κ1) is 29.8. The number of fused-ring (bicyclic) bond motifs is 1. The van der Waals surface area contributed by atoms with Crippen LogP contribution in [0.5, 0.6) is 11.5 Å². The lowest BCUT2D eigenvalue weighted by atomic mass is 10.1. The summed E-state index contributed by atoms with van der Waals surface area (Å²) in [6.45, 7) is 7.92. The Morgan fingerprint density at radius 1 is 0.902 bits per heavy atom. The van der Waals surface area contributed by atoms with Crippen molar-refractivity contribution < 1.29 is 23.7 Å². The summed E-state index contributed by atoms with van der Waals surface area (Å²) in [7, 11) is 0. The Hall–Kier alpha value is -4.20. The zero-order valence-electron chi connectivity index (χ0n) is 23.4. The van der Waals surface area contributed by atoms with Crippen molar-refractivity contribution >= 4 is 23.8 Å². The van der Waals surface area contributed by atoms with E-state index in [0.29, 0.717) is 76.0 Å². The van der Waals surface area contributed by atoms with E-state index in [1.807, 2.05) is 44.2 Å². The average molecular weight is 567 g/mol. The molecule has 1 amide bonds. The predicted octanol–water partition coefficient (Wildman–Crippen LogP) is 2.37. The van der Waals surface area contributed by atoms with E-state index in [0.717, 1.165) is 22.6 Å². The number of para-hydroxylation sites is 1. The van der Waals surface area contributed by atoms with Gasteiger partial charge in [0.2, 0.25) is 24.6 Å². The average Bonchev–Trinajstić information content (AvgIpc) is 3.46. The van der Waals surface area contributed by atoms with E-state index in [1.54, 1.807) is 12.1 Å². The van der Waals surface area contributed by atoms with Gasteiger partial charge >= 0.3 is 0 Å². The van der Waals surface area contributed by atoms with Gasteiger partial charge < -0.3 is 45.9 Å². The molecule has 0 unspecified atom stereocenters. The Morgan fingerprint density at radius 3 is 2.34 bits per heavy atom. The van der Waals surface area contributed by atoms with Crippen LogP contribution in [0.1, 0.15) is 35.3 Å². The number of carbonyl (C=O) groups is 1. The molecule has 1 aromatic heterocycles. The molecule has 6 N–H and O–H groups in total. The van der Waals surface area contributed by atoms with Crippen LogP contribution < -0.4 is 36.5 Å². The Morgan fingerprint density at radius 2 is 1.61 bits per heavy atom. The van der Waals surface area contributed by atoms with Crippen molar-refractivity contribution in [3.63, 3.8) is 0 Å². The lowest BCUT2D eigenvalue weighted by Gasteiger charge is -2.13. The molecule has 0 saturated heterocycles. The molecule has 0 aliphatic carbocycles. The summed E-state index contributed by atoms with van der Waals surface area (Å²) in [5, 5.41) is 12.6. The molecule has 1 aliphatic rings. The number of nitrogens with zero attached hydrogens (tertiary/aromatic N) is 3. The lowest BCUT2D eigenvalue weighted by Crippen LogP contribution is -2.27. The first-order chi connectivity index (χ1) is 20.0. The number of amides is 1. The zero-order valence-corrected chi connectivity index (χ0v) is 23.4. The van der Waals surface area contributed by atoms with Gasteiger partial charge in [0.15, 0.2) is 11.5 Å². The molecule has 0 bridgehead atoms. The molecule has 3 aromatic rings.